The summed E-state index contributed by atoms with van der Waals surface area (Å²) in [4.78, 5) is 29.2. The fourth-order valence-electron chi connectivity index (χ4n) is 12.2. The maximum atomic E-state index is 14.7. The Labute approximate surface area is 287 Å². The highest BCUT2D eigenvalue weighted by Gasteiger charge is 2.70. The van der Waals surface area contributed by atoms with Gasteiger partial charge in [-0.2, -0.15) is 0 Å². The van der Waals surface area contributed by atoms with E-state index in [1.807, 2.05) is 60.7 Å². The minimum Gasteiger partial charge on any atom is -0.452 e. The molecule has 5 heteroatoms. The van der Waals surface area contributed by atoms with Crippen LogP contribution in [0.3, 0.4) is 0 Å². The average Bonchev–Trinajstić information content (AvgIpc) is 3.06. The lowest BCUT2D eigenvalue weighted by Gasteiger charge is -2.70. The molecule has 5 aliphatic rings. The lowest BCUT2D eigenvalue weighted by Crippen LogP contribution is -2.66. The first-order valence-electron chi connectivity index (χ1n) is 18.4. The fourth-order valence-corrected chi connectivity index (χ4v) is 12.2. The van der Waals surface area contributed by atoms with E-state index in [0.717, 1.165) is 68.2 Å². The van der Waals surface area contributed by atoms with Gasteiger partial charge in [-0.15, -0.1) is 0 Å². The molecule has 0 aromatic heterocycles. The molecule has 0 spiro atoms. The van der Waals surface area contributed by atoms with Gasteiger partial charge in [-0.3, -0.25) is 9.59 Å². The van der Waals surface area contributed by atoms with Crippen molar-refractivity contribution < 1.29 is 19.5 Å². The number of carbonyl (C=O) groups excluding carboxylic acids is 2. The van der Waals surface area contributed by atoms with Gasteiger partial charge in [0.25, 0.3) is 0 Å². The largest absolute Gasteiger partial charge is 0.452 e. The van der Waals surface area contributed by atoms with Crippen LogP contribution >= 0.6 is 0 Å². The summed E-state index contributed by atoms with van der Waals surface area (Å²) in [6.07, 6.45) is 9.86. The maximum absolute atomic E-state index is 14.7. The molecule has 0 bridgehead atoms. The number of ether oxygens (including phenoxy) is 1. The van der Waals surface area contributed by atoms with Gasteiger partial charge >= 0.3 is 5.97 Å². The second kappa shape index (κ2) is 11.2. The first-order chi connectivity index (χ1) is 22.6. The van der Waals surface area contributed by atoms with Crippen molar-refractivity contribution in [1.29, 1.82) is 0 Å². The van der Waals surface area contributed by atoms with Crippen molar-refractivity contribution >= 4 is 17.5 Å². The first kappa shape index (κ1) is 33.3. The summed E-state index contributed by atoms with van der Waals surface area (Å²) < 4.78 is 6.52. The van der Waals surface area contributed by atoms with Crippen molar-refractivity contribution in [2.45, 2.75) is 112 Å². The molecule has 0 aliphatic heterocycles. The van der Waals surface area contributed by atoms with Gasteiger partial charge in [0, 0.05) is 11.3 Å². The van der Waals surface area contributed by atoms with Crippen molar-refractivity contribution in [3.05, 3.63) is 83.4 Å². The van der Waals surface area contributed by atoms with Gasteiger partial charge in [0.15, 0.2) is 11.9 Å². The highest BCUT2D eigenvalue weighted by molar-refractivity contribution is 5.97. The molecule has 4 saturated carbocycles. The van der Waals surface area contributed by atoms with Crippen LogP contribution in [0.5, 0.6) is 0 Å². The number of oxime groups is 1. The minimum atomic E-state index is -0.650. The molecular weight excluding hydrogens is 594 g/mol. The molecular formula is C43H55NO4. The molecule has 0 saturated heterocycles. The third kappa shape index (κ3) is 4.65. The van der Waals surface area contributed by atoms with Crippen molar-refractivity contribution in [1.82, 2.24) is 0 Å². The van der Waals surface area contributed by atoms with Crippen LogP contribution in [0.4, 0.5) is 0 Å². The average molecular weight is 650 g/mol. The van der Waals surface area contributed by atoms with Gasteiger partial charge in [-0.25, -0.2) is 0 Å². The Hall–Kier alpha value is -3.21. The molecule has 48 heavy (non-hydrogen) atoms. The van der Waals surface area contributed by atoms with Crippen LogP contribution in [0.2, 0.25) is 0 Å². The summed E-state index contributed by atoms with van der Waals surface area (Å²) in [6, 6.07) is 20.1. The highest BCUT2D eigenvalue weighted by atomic mass is 16.5. The molecule has 5 nitrogen and oxygen atoms in total. The van der Waals surface area contributed by atoms with E-state index < -0.39 is 11.5 Å². The number of hydrogen-bond acceptors (Lipinski definition) is 5. The normalized spacial score (nSPS) is 41.0. The lowest BCUT2D eigenvalue weighted by atomic mass is 9.33. The maximum Gasteiger partial charge on any atom is 0.312 e. The van der Waals surface area contributed by atoms with Gasteiger partial charge < -0.3 is 9.94 Å². The highest BCUT2D eigenvalue weighted by Crippen LogP contribution is 2.75. The molecule has 0 heterocycles. The van der Waals surface area contributed by atoms with Gasteiger partial charge in [0.1, 0.15) is 0 Å². The monoisotopic (exact) mass is 649 g/mol. The fraction of sp³-hybridized carbons (Fsp3) is 0.605. The van der Waals surface area contributed by atoms with E-state index in [1.54, 1.807) is 0 Å². The van der Waals surface area contributed by atoms with E-state index in [-0.39, 0.29) is 56.6 Å². The second-order valence-corrected chi connectivity index (χ2v) is 18.1. The summed E-state index contributed by atoms with van der Waals surface area (Å²) in [5.41, 5.74) is 2.81. The molecule has 2 aromatic rings. The van der Waals surface area contributed by atoms with Crippen molar-refractivity contribution in [3.8, 4) is 0 Å². The Kier molecular flexibility index (Phi) is 7.74. The number of esters is 1. The van der Waals surface area contributed by atoms with Crippen LogP contribution in [0.1, 0.15) is 123 Å². The van der Waals surface area contributed by atoms with Gasteiger partial charge in [-0.05, 0) is 115 Å². The van der Waals surface area contributed by atoms with Crippen LogP contribution in [0.15, 0.2) is 77.5 Å². The zero-order chi connectivity index (χ0) is 34.3. The zero-order valence-corrected chi connectivity index (χ0v) is 30.1. The molecule has 0 amide bonds. The molecule has 256 valence electrons. The number of allylic oxidation sites excluding steroid dienone is 2. The number of ketones is 1. The summed E-state index contributed by atoms with van der Waals surface area (Å²) in [6.45, 7) is 16.2. The van der Waals surface area contributed by atoms with Gasteiger partial charge in [-0.1, -0.05) is 113 Å². The van der Waals surface area contributed by atoms with E-state index >= 15 is 0 Å². The van der Waals surface area contributed by atoms with Crippen LogP contribution in [0, 0.1) is 50.2 Å². The van der Waals surface area contributed by atoms with Crippen molar-refractivity contribution in [2.75, 3.05) is 0 Å². The number of rotatable bonds is 4. The molecule has 4 fully saturated rings. The second-order valence-electron chi connectivity index (χ2n) is 18.1. The molecule has 8 atom stereocenters. The van der Waals surface area contributed by atoms with E-state index in [2.05, 4.69) is 59.7 Å². The number of fused-ring (bicyclic) bond motifs is 7. The van der Waals surface area contributed by atoms with E-state index in [9.17, 15) is 14.8 Å². The summed E-state index contributed by atoms with van der Waals surface area (Å²) in [7, 11) is 0. The number of carbonyl (C=O) groups is 2. The topological polar surface area (TPSA) is 76.0 Å². The Balaban J connectivity index is 1.23. The van der Waals surface area contributed by atoms with E-state index in [1.165, 1.54) is 5.57 Å². The minimum absolute atomic E-state index is 0.0489. The Bertz CT molecular complexity index is 1620. The molecule has 5 aliphatic carbocycles. The summed E-state index contributed by atoms with van der Waals surface area (Å²) in [5, 5.41) is 13.6. The van der Waals surface area contributed by atoms with Crippen LogP contribution < -0.4 is 0 Å². The smallest absolute Gasteiger partial charge is 0.312 e. The molecule has 1 N–H and O–H groups in total. The number of hydrogen-bond donors (Lipinski definition) is 1. The molecule has 2 aromatic carbocycles. The zero-order valence-electron chi connectivity index (χ0n) is 30.1. The first-order valence-corrected chi connectivity index (χ1v) is 18.4. The van der Waals surface area contributed by atoms with Crippen molar-refractivity contribution in [3.63, 3.8) is 0 Å². The van der Waals surface area contributed by atoms with Crippen molar-refractivity contribution in [2.24, 2.45) is 55.4 Å². The standard InChI is InChI=1S/C43H55NO4/c1-38(2)33-18-21-43(7)36(41(33,5)20-19-34(38)44-47)32(45)26-30-31-27-40(4,23-22-39(31,3)24-25-42(30,43)6)37(46)48-35(28-14-10-8-11-15-28)29-16-12-9-13-17-29/h8-17,26,31,33,35-36,47H,18-25,27H2,1-7H3/b44-34+/t31-,33-,36+,39+,40-,41-,42+,43+/m0/s1. The van der Waals surface area contributed by atoms with Crippen LogP contribution in [-0.4, -0.2) is 22.7 Å². The summed E-state index contributed by atoms with van der Waals surface area (Å²) in [5.74, 6) is 0.510. The van der Waals surface area contributed by atoms with E-state index in [4.69, 9.17) is 4.74 Å². The lowest BCUT2D eigenvalue weighted by molar-refractivity contribution is -0.178. The predicted molar refractivity (Wildman–Crippen MR) is 189 cm³/mol. The molecule has 7 rings (SSSR count). The number of nitrogens with zero attached hydrogens (tertiary/aromatic N) is 1. The predicted octanol–water partition coefficient (Wildman–Crippen LogP) is 10.1. The third-order valence-corrected chi connectivity index (χ3v) is 15.4. The Morgan fingerprint density at radius 1 is 0.833 bits per heavy atom. The Morgan fingerprint density at radius 3 is 2.04 bits per heavy atom. The van der Waals surface area contributed by atoms with Crippen LogP contribution in [-0.2, 0) is 14.3 Å². The quantitative estimate of drug-likeness (QED) is 0.203. The van der Waals surface area contributed by atoms with Gasteiger partial charge in [0.2, 0.25) is 0 Å². The third-order valence-electron chi connectivity index (χ3n) is 15.4. The molecule has 0 radical (unpaired) electrons. The van der Waals surface area contributed by atoms with Crippen LogP contribution in [0.25, 0.3) is 0 Å². The number of benzene rings is 2. The molecule has 0 unspecified atom stereocenters. The van der Waals surface area contributed by atoms with Gasteiger partial charge in [0.05, 0.1) is 11.1 Å². The summed E-state index contributed by atoms with van der Waals surface area (Å²) >= 11 is 0. The SMILES string of the molecule is CC1(C)/C(=N/O)CC[C@]2(C)[C@H]3C(=O)C=C4[C@@H]5C[C@@](C)(C(=O)OC(c6ccccc6)c6ccccc6)CC[C@]5(C)CC[C@@]4(C)[C@]3(C)CC[C@@H]12. The Morgan fingerprint density at radius 2 is 1.44 bits per heavy atom. The van der Waals surface area contributed by atoms with E-state index in [0.29, 0.717) is 6.42 Å².